The van der Waals surface area contributed by atoms with Gasteiger partial charge in [0.25, 0.3) is 5.91 Å². The summed E-state index contributed by atoms with van der Waals surface area (Å²) < 4.78 is 28.5. The van der Waals surface area contributed by atoms with Crippen LogP contribution < -0.4 is 5.43 Å². The Balaban J connectivity index is 1.71. The predicted molar refractivity (Wildman–Crippen MR) is 121 cm³/mol. The van der Waals surface area contributed by atoms with E-state index in [1.165, 1.54) is 18.2 Å². The van der Waals surface area contributed by atoms with E-state index >= 15 is 0 Å². The zero-order valence-electron chi connectivity index (χ0n) is 17.6. The van der Waals surface area contributed by atoms with Crippen LogP contribution in [0.3, 0.4) is 0 Å². The molecule has 0 aliphatic rings. The average Bonchev–Trinajstić information content (AvgIpc) is 2.78. The molecule has 3 aromatic rings. The van der Waals surface area contributed by atoms with Crippen molar-refractivity contribution in [2.45, 2.75) is 11.8 Å². The molecule has 0 atom stereocenters. The number of carbonyl (C=O) groups is 2. The minimum Gasteiger partial charge on any atom is -0.452 e. The predicted octanol–water partition coefficient (Wildman–Crippen LogP) is 3.12. The maximum Gasteiger partial charge on any atom is 0.338 e. The first-order valence-electron chi connectivity index (χ1n) is 9.71. The number of esters is 1. The SMILES string of the molecule is Cc1ccc(S(C)(=O)=O)cc1C(=O)OCC(=O)NN=C(c1ccccc1)c1ccccc1. The van der Waals surface area contributed by atoms with E-state index in [4.69, 9.17) is 4.74 Å². The van der Waals surface area contributed by atoms with Gasteiger partial charge in [-0.15, -0.1) is 0 Å². The number of sulfone groups is 1. The molecule has 0 heterocycles. The van der Waals surface area contributed by atoms with Crippen LogP contribution in [-0.4, -0.2) is 38.9 Å². The lowest BCUT2D eigenvalue weighted by Crippen LogP contribution is -2.26. The highest BCUT2D eigenvalue weighted by Gasteiger charge is 2.17. The van der Waals surface area contributed by atoms with E-state index < -0.39 is 28.3 Å². The largest absolute Gasteiger partial charge is 0.452 e. The molecule has 0 aromatic heterocycles. The molecule has 0 aliphatic heterocycles. The van der Waals surface area contributed by atoms with E-state index in [1.807, 2.05) is 60.7 Å². The topological polar surface area (TPSA) is 102 Å². The standard InChI is InChI=1S/C24H22N2O5S/c1-17-13-14-20(32(2,29)30)15-21(17)24(28)31-16-22(27)25-26-23(18-9-5-3-6-10-18)19-11-7-4-8-12-19/h3-15H,16H2,1-2H3,(H,25,27). The number of aryl methyl sites for hydroxylation is 1. The first kappa shape index (κ1) is 22.9. The van der Waals surface area contributed by atoms with Gasteiger partial charge in [0, 0.05) is 17.4 Å². The van der Waals surface area contributed by atoms with Crippen LogP contribution in [-0.2, 0) is 19.4 Å². The maximum atomic E-state index is 12.4. The van der Waals surface area contributed by atoms with Crippen molar-refractivity contribution in [1.29, 1.82) is 0 Å². The summed E-state index contributed by atoms with van der Waals surface area (Å²) in [5.74, 6) is -1.42. The number of nitrogens with one attached hydrogen (secondary N) is 1. The molecule has 3 rings (SSSR count). The number of hydrogen-bond donors (Lipinski definition) is 1. The Kier molecular flexibility index (Phi) is 7.17. The average molecular weight is 451 g/mol. The van der Waals surface area contributed by atoms with E-state index in [2.05, 4.69) is 10.5 Å². The van der Waals surface area contributed by atoms with Crippen molar-refractivity contribution in [3.63, 3.8) is 0 Å². The van der Waals surface area contributed by atoms with E-state index in [1.54, 1.807) is 6.92 Å². The van der Waals surface area contributed by atoms with Gasteiger partial charge in [-0.05, 0) is 24.6 Å². The van der Waals surface area contributed by atoms with Gasteiger partial charge in [0.05, 0.1) is 16.2 Å². The molecular weight excluding hydrogens is 428 g/mol. The van der Waals surface area contributed by atoms with Crippen molar-refractivity contribution in [2.75, 3.05) is 12.9 Å². The molecule has 0 radical (unpaired) electrons. The van der Waals surface area contributed by atoms with Gasteiger partial charge in [-0.1, -0.05) is 66.7 Å². The monoisotopic (exact) mass is 450 g/mol. The highest BCUT2D eigenvalue weighted by atomic mass is 32.2. The van der Waals surface area contributed by atoms with E-state index in [0.717, 1.165) is 17.4 Å². The van der Waals surface area contributed by atoms with Crippen molar-refractivity contribution >= 4 is 27.4 Å². The summed E-state index contributed by atoms with van der Waals surface area (Å²) in [5, 5.41) is 4.23. The van der Waals surface area contributed by atoms with Crippen LogP contribution in [0.4, 0.5) is 0 Å². The third-order valence-corrected chi connectivity index (χ3v) is 5.69. The number of amides is 1. The first-order chi connectivity index (χ1) is 15.3. The first-order valence-corrected chi connectivity index (χ1v) is 11.6. The Hall–Kier alpha value is -3.78. The maximum absolute atomic E-state index is 12.4. The van der Waals surface area contributed by atoms with Gasteiger partial charge >= 0.3 is 5.97 Å². The molecule has 0 bridgehead atoms. The second kappa shape index (κ2) is 10.0. The molecule has 7 nitrogen and oxygen atoms in total. The van der Waals surface area contributed by atoms with Crippen LogP contribution in [0.5, 0.6) is 0 Å². The molecule has 0 fully saturated rings. The summed E-state index contributed by atoms with van der Waals surface area (Å²) in [5.41, 5.74) is 5.21. The Morgan fingerprint density at radius 1 is 0.906 bits per heavy atom. The second-order valence-corrected chi connectivity index (χ2v) is 9.07. The second-order valence-electron chi connectivity index (χ2n) is 7.05. The zero-order chi connectivity index (χ0) is 23.1. The number of benzene rings is 3. The van der Waals surface area contributed by atoms with Crippen molar-refractivity contribution in [2.24, 2.45) is 5.10 Å². The number of nitrogens with zero attached hydrogens (tertiary/aromatic N) is 1. The number of rotatable bonds is 7. The zero-order valence-corrected chi connectivity index (χ0v) is 18.4. The third kappa shape index (κ3) is 5.89. The fourth-order valence-electron chi connectivity index (χ4n) is 2.90. The highest BCUT2D eigenvalue weighted by molar-refractivity contribution is 7.90. The third-order valence-electron chi connectivity index (χ3n) is 4.58. The molecule has 0 saturated carbocycles. The molecular formula is C24H22N2O5S. The summed E-state index contributed by atoms with van der Waals surface area (Å²) in [7, 11) is -3.48. The molecule has 0 unspecified atom stereocenters. The number of ether oxygens (including phenoxy) is 1. The van der Waals surface area contributed by atoms with Crippen molar-refractivity contribution in [3.8, 4) is 0 Å². The van der Waals surface area contributed by atoms with Crippen molar-refractivity contribution in [3.05, 3.63) is 101 Å². The van der Waals surface area contributed by atoms with Crippen LogP contribution in [0, 0.1) is 6.92 Å². The number of hydrogen-bond acceptors (Lipinski definition) is 6. The summed E-state index contributed by atoms with van der Waals surface area (Å²) in [4.78, 5) is 24.7. The van der Waals surface area contributed by atoms with Gasteiger partial charge in [0.2, 0.25) is 0 Å². The Morgan fingerprint density at radius 3 is 2.00 bits per heavy atom. The lowest BCUT2D eigenvalue weighted by atomic mass is 10.0. The lowest BCUT2D eigenvalue weighted by Gasteiger charge is -2.10. The van der Waals surface area contributed by atoms with Crippen LogP contribution in [0.25, 0.3) is 0 Å². The molecule has 164 valence electrons. The summed E-state index contributed by atoms with van der Waals surface area (Å²) in [6.45, 7) is 1.08. The van der Waals surface area contributed by atoms with E-state index in [9.17, 15) is 18.0 Å². The van der Waals surface area contributed by atoms with Gasteiger partial charge in [0.1, 0.15) is 0 Å². The van der Waals surface area contributed by atoms with Gasteiger partial charge in [0.15, 0.2) is 16.4 Å². The highest BCUT2D eigenvalue weighted by Crippen LogP contribution is 2.16. The minimum atomic E-state index is -3.48. The van der Waals surface area contributed by atoms with Crippen LogP contribution in [0.15, 0.2) is 88.9 Å². The summed E-state index contributed by atoms with van der Waals surface area (Å²) in [6, 6.07) is 22.9. The molecule has 1 N–H and O–H groups in total. The quantitative estimate of drug-likeness (QED) is 0.339. The van der Waals surface area contributed by atoms with Gasteiger partial charge in [-0.25, -0.2) is 18.6 Å². The molecule has 32 heavy (non-hydrogen) atoms. The molecule has 1 amide bonds. The molecule has 8 heteroatoms. The van der Waals surface area contributed by atoms with Gasteiger partial charge in [-0.3, -0.25) is 4.79 Å². The van der Waals surface area contributed by atoms with Gasteiger partial charge in [-0.2, -0.15) is 5.10 Å². The number of hydrazone groups is 1. The van der Waals surface area contributed by atoms with Crippen molar-refractivity contribution < 1.29 is 22.7 Å². The van der Waals surface area contributed by atoms with E-state index in [0.29, 0.717) is 11.3 Å². The summed E-state index contributed by atoms with van der Waals surface area (Å²) in [6.07, 6.45) is 1.05. The van der Waals surface area contributed by atoms with E-state index in [-0.39, 0.29) is 10.5 Å². The van der Waals surface area contributed by atoms with Crippen molar-refractivity contribution in [1.82, 2.24) is 5.43 Å². The molecule has 0 spiro atoms. The minimum absolute atomic E-state index is 0.000495. The molecule has 0 saturated heterocycles. The Labute approximate surface area is 186 Å². The Bertz CT molecular complexity index is 1210. The normalized spacial score (nSPS) is 10.8. The fraction of sp³-hybridized carbons (Fsp3) is 0.125. The van der Waals surface area contributed by atoms with Crippen LogP contribution in [0.1, 0.15) is 27.0 Å². The molecule has 0 aliphatic carbocycles. The Morgan fingerprint density at radius 2 is 1.47 bits per heavy atom. The smallest absolute Gasteiger partial charge is 0.338 e. The number of carbonyl (C=O) groups excluding carboxylic acids is 2. The fourth-order valence-corrected chi connectivity index (χ4v) is 3.55. The van der Waals surface area contributed by atoms with Crippen LogP contribution in [0.2, 0.25) is 0 Å². The summed E-state index contributed by atoms with van der Waals surface area (Å²) >= 11 is 0. The molecule has 3 aromatic carbocycles. The lowest BCUT2D eigenvalue weighted by molar-refractivity contribution is -0.124. The van der Waals surface area contributed by atoms with Crippen LogP contribution >= 0.6 is 0 Å². The van der Waals surface area contributed by atoms with Gasteiger partial charge < -0.3 is 4.74 Å².